The van der Waals surface area contributed by atoms with Gasteiger partial charge in [0.05, 0.1) is 16.3 Å². The monoisotopic (exact) mass is 470 g/mol. The molecule has 4 rings (SSSR count). The van der Waals surface area contributed by atoms with Crippen LogP contribution in [0.25, 0.3) is 0 Å². The highest BCUT2D eigenvalue weighted by Gasteiger charge is 2.34. The second-order valence-corrected chi connectivity index (χ2v) is 9.33. The van der Waals surface area contributed by atoms with Crippen molar-refractivity contribution in [3.05, 3.63) is 93.0 Å². The van der Waals surface area contributed by atoms with Gasteiger partial charge in [0.2, 0.25) is 5.91 Å². The van der Waals surface area contributed by atoms with Crippen LogP contribution in [0.15, 0.2) is 60.7 Å². The first-order valence-electron chi connectivity index (χ1n) is 9.71. The fraction of sp³-hybridized carbons (Fsp3) is 0.167. The van der Waals surface area contributed by atoms with Crippen molar-refractivity contribution in [3.8, 4) is 0 Å². The molecule has 1 aliphatic heterocycles. The maximum Gasteiger partial charge on any atom is 0.257 e. The molecule has 0 bridgehead atoms. The van der Waals surface area contributed by atoms with Crippen molar-refractivity contribution in [2.24, 2.45) is 0 Å². The average Bonchev–Trinajstić information content (AvgIpc) is 3.10. The molecule has 2 amide bonds. The zero-order chi connectivity index (χ0) is 22.1. The molecule has 1 N–H and O–H groups in total. The number of carbonyl (C=O) groups is 2. The highest BCUT2D eigenvalue weighted by Crippen LogP contribution is 2.43. The fourth-order valence-corrected chi connectivity index (χ4v) is 5.27. The van der Waals surface area contributed by atoms with Crippen molar-refractivity contribution in [2.75, 3.05) is 16.0 Å². The highest BCUT2D eigenvalue weighted by molar-refractivity contribution is 8.00. The van der Waals surface area contributed by atoms with Crippen molar-refractivity contribution >= 4 is 58.2 Å². The van der Waals surface area contributed by atoms with Crippen molar-refractivity contribution in [3.63, 3.8) is 0 Å². The molecule has 1 atom stereocenters. The topological polar surface area (TPSA) is 49.4 Å². The van der Waals surface area contributed by atoms with Crippen LogP contribution < -0.4 is 10.2 Å². The van der Waals surface area contributed by atoms with E-state index in [4.69, 9.17) is 23.2 Å². The summed E-state index contributed by atoms with van der Waals surface area (Å²) in [6.45, 7) is 4.06. The third kappa shape index (κ3) is 4.59. The van der Waals surface area contributed by atoms with Gasteiger partial charge in [-0.1, -0.05) is 53.0 Å². The molecule has 1 saturated heterocycles. The molecule has 1 heterocycles. The quantitative estimate of drug-likeness (QED) is 0.464. The minimum atomic E-state index is -0.309. The highest BCUT2D eigenvalue weighted by atomic mass is 35.5. The summed E-state index contributed by atoms with van der Waals surface area (Å²) in [5, 5.41) is 3.52. The minimum Gasteiger partial charge on any atom is -0.322 e. The number of anilines is 2. The van der Waals surface area contributed by atoms with Crippen LogP contribution >= 0.6 is 35.0 Å². The molecular formula is C24H20Cl2N2O2S. The molecule has 1 aliphatic rings. The number of thioether (sulfide) groups is 1. The smallest absolute Gasteiger partial charge is 0.257 e. The van der Waals surface area contributed by atoms with Gasteiger partial charge in [-0.2, -0.15) is 0 Å². The largest absolute Gasteiger partial charge is 0.322 e. The number of carbonyl (C=O) groups excluding carboxylic acids is 2. The number of amides is 2. The van der Waals surface area contributed by atoms with Crippen LogP contribution in [0.4, 0.5) is 11.4 Å². The molecule has 0 aliphatic carbocycles. The summed E-state index contributed by atoms with van der Waals surface area (Å²) in [4.78, 5) is 27.0. The summed E-state index contributed by atoms with van der Waals surface area (Å²) in [6.07, 6.45) is 0. The SMILES string of the molecule is Cc1ccc(N2C(=O)CSC2c2ccc(NC(=O)c3ccc(Cl)cc3Cl)cc2)c(C)c1. The van der Waals surface area contributed by atoms with Gasteiger partial charge in [0.15, 0.2) is 0 Å². The molecule has 1 unspecified atom stereocenters. The van der Waals surface area contributed by atoms with Gasteiger partial charge in [-0.3, -0.25) is 14.5 Å². The van der Waals surface area contributed by atoms with E-state index in [2.05, 4.69) is 11.4 Å². The Hall–Kier alpha value is -2.47. The van der Waals surface area contributed by atoms with Crippen molar-refractivity contribution in [1.82, 2.24) is 0 Å². The van der Waals surface area contributed by atoms with Gasteiger partial charge in [0, 0.05) is 16.4 Å². The van der Waals surface area contributed by atoms with E-state index in [1.165, 1.54) is 6.07 Å². The van der Waals surface area contributed by atoms with Crippen LogP contribution in [0.1, 0.15) is 32.4 Å². The molecule has 1 fully saturated rings. The first-order valence-corrected chi connectivity index (χ1v) is 11.5. The summed E-state index contributed by atoms with van der Waals surface area (Å²) in [5.74, 6) is 0.222. The lowest BCUT2D eigenvalue weighted by molar-refractivity contribution is -0.115. The molecule has 0 saturated carbocycles. The Morgan fingerprint density at radius 1 is 1.03 bits per heavy atom. The van der Waals surface area contributed by atoms with E-state index in [-0.39, 0.29) is 17.2 Å². The lowest BCUT2D eigenvalue weighted by Gasteiger charge is -2.26. The van der Waals surface area contributed by atoms with Crippen LogP contribution in [0.3, 0.4) is 0 Å². The fourth-order valence-electron chi connectivity index (χ4n) is 3.61. The standard InChI is InChI=1S/C24H20Cl2N2O2S/c1-14-3-10-21(15(2)11-14)28-22(29)13-31-24(28)16-4-7-18(8-5-16)27-23(30)19-9-6-17(25)12-20(19)26/h3-12,24H,13H2,1-2H3,(H,27,30). The molecular weight excluding hydrogens is 451 g/mol. The Labute approximate surface area is 195 Å². The molecule has 4 nitrogen and oxygen atoms in total. The summed E-state index contributed by atoms with van der Waals surface area (Å²) in [7, 11) is 0. The first kappa shape index (κ1) is 21.8. The number of aryl methyl sites for hydroxylation is 2. The number of hydrogen-bond acceptors (Lipinski definition) is 3. The Kier molecular flexibility index (Phi) is 6.28. The van der Waals surface area contributed by atoms with Crippen molar-refractivity contribution in [1.29, 1.82) is 0 Å². The molecule has 0 aromatic heterocycles. The van der Waals surface area contributed by atoms with E-state index in [9.17, 15) is 9.59 Å². The molecule has 3 aromatic rings. The molecule has 7 heteroatoms. The third-order valence-electron chi connectivity index (χ3n) is 5.11. The normalized spacial score (nSPS) is 15.9. The summed E-state index contributed by atoms with van der Waals surface area (Å²) < 4.78 is 0. The lowest BCUT2D eigenvalue weighted by Crippen LogP contribution is -2.28. The number of nitrogens with one attached hydrogen (secondary N) is 1. The predicted octanol–water partition coefficient (Wildman–Crippen LogP) is 6.64. The van der Waals surface area contributed by atoms with Crippen LogP contribution in [-0.4, -0.2) is 17.6 Å². The second kappa shape index (κ2) is 8.95. The van der Waals surface area contributed by atoms with Gasteiger partial charge >= 0.3 is 0 Å². The lowest BCUT2D eigenvalue weighted by atomic mass is 10.1. The molecule has 3 aromatic carbocycles. The Morgan fingerprint density at radius 3 is 2.45 bits per heavy atom. The molecule has 0 radical (unpaired) electrons. The third-order valence-corrected chi connectivity index (χ3v) is 6.87. The van der Waals surface area contributed by atoms with Gasteiger partial charge in [0.1, 0.15) is 5.37 Å². The van der Waals surface area contributed by atoms with E-state index in [1.807, 2.05) is 55.1 Å². The van der Waals surface area contributed by atoms with E-state index in [0.29, 0.717) is 27.0 Å². The van der Waals surface area contributed by atoms with E-state index in [0.717, 1.165) is 22.4 Å². The summed E-state index contributed by atoms with van der Waals surface area (Å²) >= 11 is 13.6. The van der Waals surface area contributed by atoms with Crippen LogP contribution in [0.5, 0.6) is 0 Å². The second-order valence-electron chi connectivity index (χ2n) is 7.42. The van der Waals surface area contributed by atoms with Gasteiger partial charge in [-0.15, -0.1) is 11.8 Å². The Morgan fingerprint density at radius 2 is 1.77 bits per heavy atom. The number of halogens is 2. The zero-order valence-electron chi connectivity index (χ0n) is 17.0. The number of rotatable bonds is 4. The maximum atomic E-state index is 12.6. The van der Waals surface area contributed by atoms with Crippen molar-refractivity contribution in [2.45, 2.75) is 19.2 Å². The van der Waals surface area contributed by atoms with Crippen LogP contribution in [-0.2, 0) is 4.79 Å². The molecule has 158 valence electrons. The molecule has 0 spiro atoms. The van der Waals surface area contributed by atoms with Gasteiger partial charge < -0.3 is 5.32 Å². The maximum absolute atomic E-state index is 12.6. The Bertz CT molecular complexity index is 1160. The average molecular weight is 471 g/mol. The number of benzene rings is 3. The van der Waals surface area contributed by atoms with Crippen LogP contribution in [0, 0.1) is 13.8 Å². The number of nitrogens with zero attached hydrogens (tertiary/aromatic N) is 1. The zero-order valence-corrected chi connectivity index (χ0v) is 19.3. The van der Waals surface area contributed by atoms with Gasteiger partial charge in [-0.05, 0) is 61.4 Å². The predicted molar refractivity (Wildman–Crippen MR) is 129 cm³/mol. The summed E-state index contributed by atoms with van der Waals surface area (Å²) in [5.41, 5.74) is 5.17. The van der Waals surface area contributed by atoms with E-state index >= 15 is 0 Å². The van der Waals surface area contributed by atoms with Crippen molar-refractivity contribution < 1.29 is 9.59 Å². The summed E-state index contributed by atoms with van der Waals surface area (Å²) in [6, 6.07) is 18.4. The first-order chi connectivity index (χ1) is 14.8. The van der Waals surface area contributed by atoms with Crippen LogP contribution in [0.2, 0.25) is 10.0 Å². The van der Waals surface area contributed by atoms with E-state index in [1.54, 1.807) is 23.9 Å². The van der Waals surface area contributed by atoms with Gasteiger partial charge in [0.25, 0.3) is 5.91 Å². The van der Waals surface area contributed by atoms with Gasteiger partial charge in [-0.25, -0.2) is 0 Å². The minimum absolute atomic E-state index is 0.0942. The Balaban J connectivity index is 1.54. The molecule has 31 heavy (non-hydrogen) atoms. The number of hydrogen-bond donors (Lipinski definition) is 1. The van der Waals surface area contributed by atoms with E-state index < -0.39 is 0 Å².